The third-order valence-corrected chi connectivity index (χ3v) is 3.11. The molecule has 1 saturated carbocycles. The smallest absolute Gasteiger partial charge is 0.0791 e. The molecule has 1 fully saturated rings. The Kier molecular flexibility index (Phi) is 6.22. The highest BCUT2D eigenvalue weighted by Gasteiger charge is 2.13. The number of aliphatic hydroxyl groups is 1. The highest BCUT2D eigenvalue weighted by molar-refractivity contribution is 4.70. The molecule has 0 aliphatic heterocycles. The van der Waals surface area contributed by atoms with Crippen LogP contribution in [0.25, 0.3) is 0 Å². The molecular formula is C12H26N2O. The van der Waals surface area contributed by atoms with Crippen LogP contribution in [-0.4, -0.2) is 49.8 Å². The number of rotatable bonds is 6. The lowest BCUT2D eigenvalue weighted by molar-refractivity contribution is 0.132. The summed E-state index contributed by atoms with van der Waals surface area (Å²) in [5.74, 6) is 0.852. The molecule has 3 nitrogen and oxygen atoms in total. The van der Waals surface area contributed by atoms with Crippen molar-refractivity contribution in [1.29, 1.82) is 0 Å². The van der Waals surface area contributed by atoms with Gasteiger partial charge in [0.2, 0.25) is 0 Å². The van der Waals surface area contributed by atoms with E-state index < -0.39 is 0 Å². The van der Waals surface area contributed by atoms with Gasteiger partial charge in [-0.15, -0.1) is 0 Å². The number of likely N-dealkylation sites (N-methyl/N-ethyl adjacent to an activating group) is 1. The van der Waals surface area contributed by atoms with E-state index in [1.54, 1.807) is 0 Å². The quantitative estimate of drug-likeness (QED) is 0.694. The fourth-order valence-corrected chi connectivity index (χ4v) is 2.33. The van der Waals surface area contributed by atoms with Crippen molar-refractivity contribution in [2.75, 3.05) is 33.7 Å². The van der Waals surface area contributed by atoms with E-state index in [9.17, 15) is 5.11 Å². The largest absolute Gasteiger partial charge is 0.390 e. The van der Waals surface area contributed by atoms with E-state index in [4.69, 9.17) is 0 Å². The van der Waals surface area contributed by atoms with Crippen LogP contribution in [0, 0.1) is 5.92 Å². The van der Waals surface area contributed by atoms with Gasteiger partial charge < -0.3 is 15.3 Å². The van der Waals surface area contributed by atoms with Crippen LogP contribution in [0.2, 0.25) is 0 Å². The van der Waals surface area contributed by atoms with E-state index in [1.807, 2.05) is 19.0 Å². The average molecular weight is 214 g/mol. The zero-order chi connectivity index (χ0) is 11.1. The highest BCUT2D eigenvalue weighted by Crippen LogP contribution is 2.22. The summed E-state index contributed by atoms with van der Waals surface area (Å²) in [6.07, 6.45) is 6.72. The molecule has 0 radical (unpaired) electrons. The van der Waals surface area contributed by atoms with Crippen molar-refractivity contribution in [3.8, 4) is 0 Å². The van der Waals surface area contributed by atoms with Gasteiger partial charge in [0.1, 0.15) is 0 Å². The van der Waals surface area contributed by atoms with Crippen LogP contribution in [-0.2, 0) is 0 Å². The summed E-state index contributed by atoms with van der Waals surface area (Å²) in [5.41, 5.74) is 0. The second-order valence-electron chi connectivity index (χ2n) is 5.08. The molecular weight excluding hydrogens is 188 g/mol. The van der Waals surface area contributed by atoms with E-state index in [0.29, 0.717) is 0 Å². The van der Waals surface area contributed by atoms with Crippen LogP contribution in [0.5, 0.6) is 0 Å². The van der Waals surface area contributed by atoms with E-state index in [0.717, 1.165) is 25.6 Å². The molecule has 0 spiro atoms. The summed E-state index contributed by atoms with van der Waals surface area (Å²) >= 11 is 0. The fraction of sp³-hybridized carbons (Fsp3) is 1.00. The highest BCUT2D eigenvalue weighted by atomic mass is 16.3. The van der Waals surface area contributed by atoms with Gasteiger partial charge in [-0.05, 0) is 39.4 Å². The first kappa shape index (κ1) is 12.9. The number of nitrogens with one attached hydrogen (secondary N) is 1. The Morgan fingerprint density at radius 3 is 2.53 bits per heavy atom. The number of nitrogens with zero attached hydrogens (tertiary/aromatic N) is 1. The first-order valence-electron chi connectivity index (χ1n) is 6.22. The molecule has 90 valence electrons. The molecule has 1 atom stereocenters. The van der Waals surface area contributed by atoms with Crippen LogP contribution in [0.15, 0.2) is 0 Å². The fourth-order valence-electron chi connectivity index (χ4n) is 2.33. The van der Waals surface area contributed by atoms with E-state index >= 15 is 0 Å². The van der Waals surface area contributed by atoms with Crippen LogP contribution in [0.4, 0.5) is 0 Å². The van der Waals surface area contributed by atoms with Crippen molar-refractivity contribution in [3.63, 3.8) is 0 Å². The van der Waals surface area contributed by atoms with Gasteiger partial charge in [0, 0.05) is 13.1 Å². The van der Waals surface area contributed by atoms with E-state index in [1.165, 1.54) is 32.1 Å². The minimum atomic E-state index is -0.233. The normalized spacial score (nSPS) is 20.8. The molecule has 0 amide bonds. The lowest BCUT2D eigenvalue weighted by Gasteiger charge is -2.23. The minimum absolute atomic E-state index is 0.233. The molecule has 1 aliphatic rings. The Morgan fingerprint density at radius 2 is 1.93 bits per heavy atom. The molecule has 3 heteroatoms. The molecule has 0 bridgehead atoms. The molecule has 1 aliphatic carbocycles. The van der Waals surface area contributed by atoms with Crippen molar-refractivity contribution >= 4 is 0 Å². The van der Waals surface area contributed by atoms with Crippen molar-refractivity contribution < 1.29 is 5.11 Å². The van der Waals surface area contributed by atoms with Gasteiger partial charge in [-0.1, -0.05) is 19.3 Å². The predicted octanol–water partition coefficient (Wildman–Crippen LogP) is 1.08. The summed E-state index contributed by atoms with van der Waals surface area (Å²) in [6.45, 7) is 2.57. The SMILES string of the molecule is CN(C)CC(O)CNCC1CCCCC1. The van der Waals surface area contributed by atoms with Gasteiger partial charge >= 0.3 is 0 Å². The van der Waals surface area contributed by atoms with Crippen molar-refractivity contribution in [2.45, 2.75) is 38.2 Å². The maximum Gasteiger partial charge on any atom is 0.0791 e. The summed E-state index contributed by atoms with van der Waals surface area (Å²) in [7, 11) is 3.98. The summed E-state index contributed by atoms with van der Waals surface area (Å²) < 4.78 is 0. The van der Waals surface area contributed by atoms with Crippen molar-refractivity contribution in [3.05, 3.63) is 0 Å². The van der Waals surface area contributed by atoms with Crippen LogP contribution in [0.1, 0.15) is 32.1 Å². The number of hydrogen-bond acceptors (Lipinski definition) is 3. The zero-order valence-corrected chi connectivity index (χ0v) is 10.2. The van der Waals surface area contributed by atoms with Gasteiger partial charge in [0.05, 0.1) is 6.10 Å². The Balaban J connectivity index is 1.99. The molecule has 15 heavy (non-hydrogen) atoms. The standard InChI is InChI=1S/C12H26N2O/c1-14(2)10-12(15)9-13-8-11-6-4-3-5-7-11/h11-13,15H,3-10H2,1-2H3. The second kappa shape index (κ2) is 7.20. The van der Waals surface area contributed by atoms with Gasteiger partial charge in [0.15, 0.2) is 0 Å². The number of aliphatic hydroxyl groups excluding tert-OH is 1. The molecule has 2 N–H and O–H groups in total. The molecule has 0 aromatic heterocycles. The Hall–Kier alpha value is -0.120. The Morgan fingerprint density at radius 1 is 1.27 bits per heavy atom. The number of hydrogen-bond donors (Lipinski definition) is 2. The second-order valence-corrected chi connectivity index (χ2v) is 5.08. The first-order chi connectivity index (χ1) is 7.18. The van der Waals surface area contributed by atoms with Crippen LogP contribution in [0.3, 0.4) is 0 Å². The topological polar surface area (TPSA) is 35.5 Å². The minimum Gasteiger partial charge on any atom is -0.390 e. The van der Waals surface area contributed by atoms with Crippen LogP contribution >= 0.6 is 0 Å². The maximum absolute atomic E-state index is 9.64. The van der Waals surface area contributed by atoms with Gasteiger partial charge in [-0.25, -0.2) is 0 Å². The van der Waals surface area contributed by atoms with Gasteiger partial charge in [-0.2, -0.15) is 0 Å². The van der Waals surface area contributed by atoms with Gasteiger partial charge in [0.25, 0.3) is 0 Å². The molecule has 1 unspecified atom stereocenters. The lowest BCUT2D eigenvalue weighted by atomic mass is 9.89. The monoisotopic (exact) mass is 214 g/mol. The first-order valence-corrected chi connectivity index (χ1v) is 6.22. The van der Waals surface area contributed by atoms with Crippen LogP contribution < -0.4 is 5.32 Å². The van der Waals surface area contributed by atoms with E-state index in [2.05, 4.69) is 5.32 Å². The summed E-state index contributed by atoms with van der Waals surface area (Å²) in [5, 5.41) is 13.0. The average Bonchev–Trinajstić information content (AvgIpc) is 2.18. The predicted molar refractivity (Wildman–Crippen MR) is 64.0 cm³/mol. The molecule has 0 saturated heterocycles. The lowest BCUT2D eigenvalue weighted by Crippen LogP contribution is -2.37. The summed E-state index contributed by atoms with van der Waals surface area (Å²) in [4.78, 5) is 2.02. The molecule has 0 heterocycles. The summed E-state index contributed by atoms with van der Waals surface area (Å²) in [6, 6.07) is 0. The third kappa shape index (κ3) is 6.13. The Bertz CT molecular complexity index is 156. The molecule has 0 aromatic rings. The maximum atomic E-state index is 9.64. The van der Waals surface area contributed by atoms with Crippen molar-refractivity contribution in [1.82, 2.24) is 10.2 Å². The third-order valence-electron chi connectivity index (χ3n) is 3.11. The van der Waals surface area contributed by atoms with E-state index in [-0.39, 0.29) is 6.10 Å². The molecule has 0 aromatic carbocycles. The van der Waals surface area contributed by atoms with Crippen molar-refractivity contribution in [2.24, 2.45) is 5.92 Å². The molecule has 1 rings (SSSR count). The Labute approximate surface area is 93.9 Å². The zero-order valence-electron chi connectivity index (χ0n) is 10.2. The van der Waals surface area contributed by atoms with Gasteiger partial charge in [-0.3, -0.25) is 0 Å².